The van der Waals surface area contributed by atoms with Gasteiger partial charge < -0.3 is 15.6 Å². The van der Waals surface area contributed by atoms with Gasteiger partial charge in [0.05, 0.1) is 12.1 Å². The molecule has 1 saturated carbocycles. The lowest BCUT2D eigenvalue weighted by atomic mass is 9.91. The molecule has 1 aromatic carbocycles. The second-order valence-electron chi connectivity index (χ2n) is 5.18. The molecule has 0 spiro atoms. The lowest BCUT2D eigenvalue weighted by molar-refractivity contribution is -0.274. The van der Waals surface area contributed by atoms with Gasteiger partial charge in [0.25, 0.3) is 0 Å². The van der Waals surface area contributed by atoms with Gasteiger partial charge in [-0.2, -0.15) is 0 Å². The molecule has 0 radical (unpaired) electrons. The second-order valence-corrected chi connectivity index (χ2v) is 5.18. The van der Waals surface area contributed by atoms with Gasteiger partial charge in [-0.1, -0.05) is 25.0 Å². The number of ether oxygens (including phenoxy) is 1. The van der Waals surface area contributed by atoms with Gasteiger partial charge in [-0.25, -0.2) is 0 Å². The third-order valence-corrected chi connectivity index (χ3v) is 3.75. The molecule has 3 N–H and O–H groups in total. The van der Waals surface area contributed by atoms with Crippen molar-refractivity contribution in [1.29, 1.82) is 0 Å². The van der Waals surface area contributed by atoms with Gasteiger partial charge in [-0.05, 0) is 36.5 Å². The Kier molecular flexibility index (Phi) is 6.31. The van der Waals surface area contributed by atoms with Crippen molar-refractivity contribution in [3.05, 3.63) is 29.8 Å². The highest BCUT2D eigenvalue weighted by molar-refractivity contribution is 5.85. The predicted octanol–water partition coefficient (Wildman–Crippen LogP) is 3.56. The maximum absolute atomic E-state index is 12.0. The summed E-state index contributed by atoms with van der Waals surface area (Å²) < 4.78 is 39.9. The van der Waals surface area contributed by atoms with Gasteiger partial charge in [0, 0.05) is 0 Å². The summed E-state index contributed by atoms with van der Waals surface area (Å²) in [4.78, 5) is 0. The number of benzene rings is 1. The first-order valence-corrected chi connectivity index (χ1v) is 6.66. The first-order chi connectivity index (χ1) is 9.37. The van der Waals surface area contributed by atoms with E-state index in [1.807, 2.05) is 0 Å². The monoisotopic (exact) mass is 325 g/mol. The summed E-state index contributed by atoms with van der Waals surface area (Å²) in [6, 6.07) is 4.76. The fraction of sp³-hybridized carbons (Fsp3) is 0.571. The summed E-state index contributed by atoms with van der Waals surface area (Å²) in [5.41, 5.74) is 6.59. The molecule has 0 saturated heterocycles. The number of rotatable bonds is 4. The van der Waals surface area contributed by atoms with Gasteiger partial charge in [0.2, 0.25) is 0 Å². The van der Waals surface area contributed by atoms with Gasteiger partial charge >= 0.3 is 6.36 Å². The Morgan fingerprint density at radius 2 is 1.67 bits per heavy atom. The van der Waals surface area contributed by atoms with Crippen LogP contribution in [-0.2, 0) is 0 Å². The number of halogens is 4. The van der Waals surface area contributed by atoms with Crippen LogP contribution >= 0.6 is 12.4 Å². The maximum atomic E-state index is 12.0. The number of aliphatic hydroxyl groups excluding tert-OH is 1. The quantitative estimate of drug-likeness (QED) is 0.890. The first kappa shape index (κ1) is 18.1. The molecular weight excluding hydrogens is 307 g/mol. The highest BCUT2D eigenvalue weighted by atomic mass is 35.5. The Morgan fingerprint density at radius 1 is 1.14 bits per heavy atom. The van der Waals surface area contributed by atoms with Gasteiger partial charge in [-0.3, -0.25) is 0 Å². The van der Waals surface area contributed by atoms with E-state index in [4.69, 9.17) is 5.73 Å². The van der Waals surface area contributed by atoms with E-state index < -0.39 is 18.5 Å². The standard InChI is InChI=1S/C14H18F3NO2.ClH/c15-14(16,17)20-11-7-5-9(6-8-11)12(18)13(19)10-3-1-2-4-10;/h5-8,10,12-13,19H,1-4,18H2;1H/t12-,13+;/m1./s1. The van der Waals surface area contributed by atoms with E-state index in [-0.39, 0.29) is 24.1 Å². The number of hydrogen-bond acceptors (Lipinski definition) is 3. The van der Waals surface area contributed by atoms with E-state index >= 15 is 0 Å². The van der Waals surface area contributed by atoms with Crippen LogP contribution in [0.15, 0.2) is 24.3 Å². The molecular formula is C14H19ClF3NO2. The van der Waals surface area contributed by atoms with E-state index in [9.17, 15) is 18.3 Å². The van der Waals surface area contributed by atoms with E-state index in [1.54, 1.807) is 0 Å². The summed E-state index contributed by atoms with van der Waals surface area (Å²) >= 11 is 0. The Hall–Kier alpha value is -0.980. The highest BCUT2D eigenvalue weighted by Crippen LogP contribution is 2.33. The molecule has 7 heteroatoms. The summed E-state index contributed by atoms with van der Waals surface area (Å²) in [5.74, 6) is -0.111. The Labute approximate surface area is 127 Å². The molecule has 1 aromatic rings. The smallest absolute Gasteiger partial charge is 0.406 e. The minimum atomic E-state index is -4.70. The molecule has 2 rings (SSSR count). The fourth-order valence-corrected chi connectivity index (χ4v) is 2.68. The highest BCUT2D eigenvalue weighted by Gasteiger charge is 2.31. The van der Waals surface area contributed by atoms with Crippen LogP contribution in [-0.4, -0.2) is 17.6 Å². The Bertz CT molecular complexity index is 433. The summed E-state index contributed by atoms with van der Waals surface area (Å²) in [5, 5.41) is 10.2. The number of nitrogens with two attached hydrogens (primary N) is 1. The van der Waals surface area contributed by atoms with Crippen molar-refractivity contribution >= 4 is 12.4 Å². The van der Waals surface area contributed by atoms with Crippen molar-refractivity contribution in [3.8, 4) is 5.75 Å². The van der Waals surface area contributed by atoms with Crippen molar-refractivity contribution in [2.24, 2.45) is 11.7 Å². The molecule has 0 unspecified atom stereocenters. The van der Waals surface area contributed by atoms with E-state index in [0.29, 0.717) is 5.56 Å². The van der Waals surface area contributed by atoms with Crippen LogP contribution in [0.25, 0.3) is 0 Å². The van der Waals surface area contributed by atoms with E-state index in [1.165, 1.54) is 24.3 Å². The normalized spacial score (nSPS) is 18.9. The predicted molar refractivity (Wildman–Crippen MR) is 75.3 cm³/mol. The summed E-state index contributed by atoms with van der Waals surface area (Å²) in [7, 11) is 0. The zero-order chi connectivity index (χ0) is 14.8. The molecule has 0 amide bonds. The molecule has 120 valence electrons. The van der Waals surface area contributed by atoms with Crippen molar-refractivity contribution in [2.75, 3.05) is 0 Å². The van der Waals surface area contributed by atoms with Gasteiger partial charge in [0.15, 0.2) is 0 Å². The zero-order valence-corrected chi connectivity index (χ0v) is 12.2. The van der Waals surface area contributed by atoms with E-state index in [0.717, 1.165) is 25.7 Å². The van der Waals surface area contributed by atoms with Crippen molar-refractivity contribution in [3.63, 3.8) is 0 Å². The van der Waals surface area contributed by atoms with Crippen LogP contribution in [0.5, 0.6) is 5.75 Å². The molecule has 3 nitrogen and oxygen atoms in total. The molecule has 0 heterocycles. The summed E-state index contributed by atoms with van der Waals surface area (Å²) in [6.07, 6.45) is -1.28. The van der Waals surface area contributed by atoms with Crippen LogP contribution in [0.3, 0.4) is 0 Å². The van der Waals surface area contributed by atoms with Gasteiger partial charge in [-0.15, -0.1) is 25.6 Å². The third kappa shape index (κ3) is 5.05. The van der Waals surface area contributed by atoms with Crippen molar-refractivity contribution < 1.29 is 23.0 Å². The average Bonchev–Trinajstić information content (AvgIpc) is 2.90. The van der Waals surface area contributed by atoms with E-state index in [2.05, 4.69) is 4.74 Å². The molecule has 0 aliphatic heterocycles. The molecule has 2 atom stereocenters. The number of alkyl halides is 3. The molecule has 0 bridgehead atoms. The maximum Gasteiger partial charge on any atom is 0.573 e. The first-order valence-electron chi connectivity index (χ1n) is 6.66. The van der Waals surface area contributed by atoms with Crippen LogP contribution in [0.2, 0.25) is 0 Å². The number of aliphatic hydroxyl groups is 1. The topological polar surface area (TPSA) is 55.5 Å². The largest absolute Gasteiger partial charge is 0.573 e. The van der Waals surface area contributed by atoms with Gasteiger partial charge in [0.1, 0.15) is 5.75 Å². The molecule has 1 aliphatic carbocycles. The van der Waals surface area contributed by atoms with Crippen LogP contribution < -0.4 is 10.5 Å². The lowest BCUT2D eigenvalue weighted by Crippen LogP contribution is -2.31. The number of hydrogen-bond donors (Lipinski definition) is 2. The van der Waals surface area contributed by atoms with Crippen LogP contribution in [0, 0.1) is 5.92 Å². The Morgan fingerprint density at radius 3 is 2.14 bits per heavy atom. The molecule has 0 aromatic heterocycles. The minimum absolute atomic E-state index is 0. The molecule has 1 aliphatic rings. The third-order valence-electron chi connectivity index (χ3n) is 3.75. The average molecular weight is 326 g/mol. The molecule has 1 fully saturated rings. The van der Waals surface area contributed by atoms with Crippen molar-refractivity contribution in [2.45, 2.75) is 44.2 Å². The fourth-order valence-electron chi connectivity index (χ4n) is 2.68. The minimum Gasteiger partial charge on any atom is -0.406 e. The van der Waals surface area contributed by atoms with Crippen LogP contribution in [0.1, 0.15) is 37.3 Å². The Balaban J connectivity index is 0.00000220. The molecule has 21 heavy (non-hydrogen) atoms. The lowest BCUT2D eigenvalue weighted by Gasteiger charge is -2.24. The second kappa shape index (κ2) is 7.33. The SMILES string of the molecule is Cl.N[C@H](c1ccc(OC(F)(F)F)cc1)[C@@H](O)C1CCCC1. The summed E-state index contributed by atoms with van der Waals surface area (Å²) in [6.45, 7) is 0. The van der Waals surface area contributed by atoms with Crippen molar-refractivity contribution in [1.82, 2.24) is 0 Å². The van der Waals surface area contributed by atoms with Crippen LogP contribution in [0.4, 0.5) is 13.2 Å². The zero-order valence-electron chi connectivity index (χ0n) is 11.3.